The van der Waals surface area contributed by atoms with Crippen LogP contribution in [0.25, 0.3) is 10.9 Å². The fraction of sp³-hybridized carbons (Fsp3) is 0.200. The molecule has 0 aliphatic rings. The summed E-state index contributed by atoms with van der Waals surface area (Å²) in [6, 6.07) is 13.5. The average molecular weight is 380 g/mol. The van der Waals surface area contributed by atoms with E-state index in [4.69, 9.17) is 0 Å². The lowest BCUT2D eigenvalue weighted by molar-refractivity contribution is -0.121. The van der Waals surface area contributed by atoms with Gasteiger partial charge in [-0.3, -0.25) is 19.0 Å². The summed E-state index contributed by atoms with van der Waals surface area (Å²) in [4.78, 5) is 51.3. The molecule has 144 valence electrons. The highest BCUT2D eigenvalue weighted by atomic mass is 16.2. The van der Waals surface area contributed by atoms with Gasteiger partial charge < -0.3 is 15.6 Å². The minimum atomic E-state index is -0.642. The van der Waals surface area contributed by atoms with Crippen molar-refractivity contribution in [3.63, 3.8) is 0 Å². The Labute approximate surface area is 160 Å². The summed E-state index contributed by atoms with van der Waals surface area (Å²) in [6.07, 6.45) is 0. The molecular weight excluding hydrogens is 360 g/mol. The average Bonchev–Trinajstić information content (AvgIpc) is 2.70. The standard InChI is InChI=1S/C20H20N4O4/c1-2-21-18(26)14-7-5-6-13(10-14)11-22-17(25)12-24-19(27)15-8-3-4-9-16(15)23-20(24)28/h3-10H,2,11-12H2,1H3,(H,21,26)(H,22,25)(H,23,28). The second kappa shape index (κ2) is 8.34. The van der Waals surface area contributed by atoms with Crippen LogP contribution in [0.2, 0.25) is 0 Å². The van der Waals surface area contributed by atoms with Gasteiger partial charge in [0.25, 0.3) is 11.5 Å². The van der Waals surface area contributed by atoms with Gasteiger partial charge in [-0.05, 0) is 36.8 Å². The van der Waals surface area contributed by atoms with Crippen molar-refractivity contribution in [3.05, 3.63) is 80.5 Å². The molecule has 1 aromatic heterocycles. The van der Waals surface area contributed by atoms with Crippen molar-refractivity contribution < 1.29 is 9.59 Å². The van der Waals surface area contributed by atoms with Crippen molar-refractivity contribution in [1.29, 1.82) is 0 Å². The Morgan fingerprint density at radius 2 is 1.82 bits per heavy atom. The van der Waals surface area contributed by atoms with E-state index in [2.05, 4.69) is 15.6 Å². The SMILES string of the molecule is CCNC(=O)c1cccc(CNC(=O)Cn2c(=O)[nH]c3ccccc3c2=O)c1. The van der Waals surface area contributed by atoms with E-state index < -0.39 is 23.7 Å². The Balaban J connectivity index is 1.71. The fourth-order valence-electron chi connectivity index (χ4n) is 2.83. The van der Waals surface area contributed by atoms with Crippen LogP contribution >= 0.6 is 0 Å². The lowest BCUT2D eigenvalue weighted by Crippen LogP contribution is -2.40. The van der Waals surface area contributed by atoms with Gasteiger partial charge in [0.15, 0.2) is 0 Å². The fourth-order valence-corrected chi connectivity index (χ4v) is 2.83. The van der Waals surface area contributed by atoms with Gasteiger partial charge in [0.2, 0.25) is 5.91 Å². The number of para-hydroxylation sites is 1. The third-order valence-corrected chi connectivity index (χ3v) is 4.21. The molecule has 0 atom stereocenters. The number of fused-ring (bicyclic) bond motifs is 1. The number of carbonyl (C=O) groups is 2. The molecular formula is C20H20N4O4. The number of benzene rings is 2. The zero-order chi connectivity index (χ0) is 20.1. The predicted octanol–water partition coefficient (Wildman–Crippen LogP) is 0.756. The Morgan fingerprint density at radius 1 is 1.04 bits per heavy atom. The molecule has 28 heavy (non-hydrogen) atoms. The molecule has 2 amide bonds. The molecule has 0 fully saturated rings. The van der Waals surface area contributed by atoms with Gasteiger partial charge in [0.05, 0.1) is 10.9 Å². The first-order valence-corrected chi connectivity index (χ1v) is 8.85. The van der Waals surface area contributed by atoms with Crippen molar-refractivity contribution in [2.24, 2.45) is 0 Å². The second-order valence-electron chi connectivity index (χ2n) is 6.20. The number of hydrogen-bond acceptors (Lipinski definition) is 4. The molecule has 0 spiro atoms. The number of aromatic amines is 1. The Bertz CT molecular complexity index is 1150. The maximum absolute atomic E-state index is 12.5. The number of carbonyl (C=O) groups excluding carboxylic acids is 2. The predicted molar refractivity (Wildman–Crippen MR) is 105 cm³/mol. The van der Waals surface area contributed by atoms with Crippen LogP contribution in [0.4, 0.5) is 0 Å². The van der Waals surface area contributed by atoms with Gasteiger partial charge in [-0.1, -0.05) is 24.3 Å². The van der Waals surface area contributed by atoms with Gasteiger partial charge in [0, 0.05) is 18.7 Å². The van der Waals surface area contributed by atoms with Crippen LogP contribution < -0.4 is 21.9 Å². The summed E-state index contributed by atoms with van der Waals surface area (Å²) in [5, 5.41) is 5.71. The van der Waals surface area contributed by atoms with Crippen LogP contribution in [0.1, 0.15) is 22.8 Å². The first-order chi connectivity index (χ1) is 13.5. The number of hydrogen-bond donors (Lipinski definition) is 3. The van der Waals surface area contributed by atoms with E-state index in [9.17, 15) is 19.2 Å². The molecule has 1 heterocycles. The maximum atomic E-state index is 12.5. The number of nitrogens with one attached hydrogen (secondary N) is 3. The summed E-state index contributed by atoms with van der Waals surface area (Å²) >= 11 is 0. The highest BCUT2D eigenvalue weighted by Gasteiger charge is 2.11. The zero-order valence-electron chi connectivity index (χ0n) is 15.3. The van der Waals surface area contributed by atoms with E-state index in [1.54, 1.807) is 48.5 Å². The Hall–Kier alpha value is -3.68. The number of rotatable bonds is 6. The van der Waals surface area contributed by atoms with Crippen LogP contribution in [-0.4, -0.2) is 27.9 Å². The van der Waals surface area contributed by atoms with E-state index in [-0.39, 0.29) is 12.5 Å². The molecule has 0 aliphatic carbocycles. The molecule has 8 heteroatoms. The lowest BCUT2D eigenvalue weighted by Gasteiger charge is -2.09. The van der Waals surface area contributed by atoms with Crippen LogP contribution in [0, 0.1) is 0 Å². The van der Waals surface area contributed by atoms with E-state index in [0.29, 0.717) is 23.0 Å². The van der Waals surface area contributed by atoms with Crippen molar-refractivity contribution in [3.8, 4) is 0 Å². The Morgan fingerprint density at radius 3 is 2.61 bits per heavy atom. The van der Waals surface area contributed by atoms with Crippen molar-refractivity contribution >= 4 is 22.7 Å². The molecule has 3 N–H and O–H groups in total. The quantitative estimate of drug-likeness (QED) is 0.586. The smallest absolute Gasteiger partial charge is 0.329 e. The van der Waals surface area contributed by atoms with Crippen LogP contribution in [0.15, 0.2) is 58.1 Å². The van der Waals surface area contributed by atoms with E-state index in [1.165, 1.54) is 0 Å². The van der Waals surface area contributed by atoms with E-state index in [1.807, 2.05) is 6.92 Å². The number of nitrogens with zero attached hydrogens (tertiary/aromatic N) is 1. The summed E-state index contributed by atoms with van der Waals surface area (Å²) in [5.74, 6) is -0.670. The van der Waals surface area contributed by atoms with Crippen molar-refractivity contribution in [2.45, 2.75) is 20.0 Å². The molecule has 2 aromatic carbocycles. The molecule has 8 nitrogen and oxygen atoms in total. The van der Waals surface area contributed by atoms with Crippen LogP contribution in [-0.2, 0) is 17.9 Å². The van der Waals surface area contributed by atoms with Gasteiger partial charge >= 0.3 is 5.69 Å². The van der Waals surface area contributed by atoms with Crippen molar-refractivity contribution in [1.82, 2.24) is 20.2 Å². The molecule has 0 bridgehead atoms. The van der Waals surface area contributed by atoms with Gasteiger partial charge in [-0.2, -0.15) is 0 Å². The highest BCUT2D eigenvalue weighted by Crippen LogP contribution is 2.05. The molecule has 3 aromatic rings. The number of aromatic nitrogens is 2. The molecule has 0 saturated carbocycles. The summed E-state index contributed by atoms with van der Waals surface area (Å²) in [5.41, 5.74) is 0.494. The third-order valence-electron chi connectivity index (χ3n) is 4.21. The maximum Gasteiger partial charge on any atom is 0.329 e. The summed E-state index contributed by atoms with van der Waals surface area (Å²) < 4.78 is 0.864. The molecule has 0 unspecified atom stereocenters. The molecule has 0 radical (unpaired) electrons. The van der Waals surface area contributed by atoms with E-state index >= 15 is 0 Å². The monoisotopic (exact) mass is 380 g/mol. The highest BCUT2D eigenvalue weighted by molar-refractivity contribution is 5.94. The summed E-state index contributed by atoms with van der Waals surface area (Å²) in [6.45, 7) is 2.13. The summed E-state index contributed by atoms with van der Waals surface area (Å²) in [7, 11) is 0. The normalized spacial score (nSPS) is 10.6. The van der Waals surface area contributed by atoms with Gasteiger partial charge in [-0.25, -0.2) is 4.79 Å². The first kappa shape index (κ1) is 19.1. The number of amides is 2. The van der Waals surface area contributed by atoms with E-state index in [0.717, 1.165) is 10.1 Å². The van der Waals surface area contributed by atoms with Crippen molar-refractivity contribution in [2.75, 3.05) is 6.54 Å². The second-order valence-corrected chi connectivity index (χ2v) is 6.20. The minimum Gasteiger partial charge on any atom is -0.352 e. The van der Waals surface area contributed by atoms with Gasteiger partial charge in [0.1, 0.15) is 6.54 Å². The zero-order valence-corrected chi connectivity index (χ0v) is 15.3. The van der Waals surface area contributed by atoms with Crippen LogP contribution in [0.3, 0.4) is 0 Å². The largest absolute Gasteiger partial charge is 0.352 e. The molecule has 0 saturated heterocycles. The lowest BCUT2D eigenvalue weighted by atomic mass is 10.1. The van der Waals surface area contributed by atoms with Crippen LogP contribution in [0.5, 0.6) is 0 Å². The number of H-pyrrole nitrogens is 1. The molecule has 3 rings (SSSR count). The third kappa shape index (κ3) is 4.17. The topological polar surface area (TPSA) is 113 Å². The first-order valence-electron chi connectivity index (χ1n) is 8.85. The van der Waals surface area contributed by atoms with Gasteiger partial charge in [-0.15, -0.1) is 0 Å². The molecule has 0 aliphatic heterocycles. The minimum absolute atomic E-state index is 0.173. The Kier molecular flexibility index (Phi) is 5.69.